The maximum atomic E-state index is 14.1. The van der Waals surface area contributed by atoms with Gasteiger partial charge in [-0.2, -0.15) is 10.5 Å². The first-order valence-corrected chi connectivity index (χ1v) is 47.7. The fourth-order valence-electron chi connectivity index (χ4n) is 17.3. The molecule has 3 saturated heterocycles. The number of ether oxygens (including phenoxy) is 6. The van der Waals surface area contributed by atoms with Crippen molar-refractivity contribution in [2.24, 2.45) is 27.6 Å². The van der Waals surface area contributed by atoms with Gasteiger partial charge in [-0.05, 0) is 201 Å². The normalized spacial score (nSPS) is 18.7. The number of thiocarbonyl (C=S) groups is 1. The van der Waals surface area contributed by atoms with Gasteiger partial charge in [0.2, 0.25) is 35.4 Å². The Morgan fingerprint density at radius 2 is 1.11 bits per heavy atom. The van der Waals surface area contributed by atoms with Crippen LogP contribution in [0.2, 0.25) is 10.0 Å². The van der Waals surface area contributed by atoms with Crippen molar-refractivity contribution in [1.82, 2.24) is 46.4 Å². The minimum Gasteiger partial charge on any atom is -0.494 e. The summed E-state index contributed by atoms with van der Waals surface area (Å²) in [5.74, 6) is -0.626. The maximum Gasteiger partial charge on any atom is 0.259 e. The van der Waals surface area contributed by atoms with Crippen molar-refractivity contribution in [3.63, 3.8) is 0 Å². The fraction of sp³-hybridized carbons (Fsp3) is 0.470. The predicted octanol–water partition coefficient (Wildman–Crippen LogP) is 15.5. The number of nitrogens with one attached hydrogen (secondary N) is 5. The van der Waals surface area contributed by atoms with Crippen molar-refractivity contribution in [2.45, 2.75) is 210 Å². The van der Waals surface area contributed by atoms with Crippen LogP contribution in [0.4, 0.5) is 11.4 Å². The monoisotopic (exact) mass is 1910 g/mol. The van der Waals surface area contributed by atoms with E-state index in [4.69, 9.17) is 63.8 Å². The van der Waals surface area contributed by atoms with Crippen molar-refractivity contribution < 1.29 is 71.9 Å². The average Bonchev–Trinajstić information content (AvgIpc) is 1.36. The van der Waals surface area contributed by atoms with E-state index in [1.54, 1.807) is 88.8 Å². The molecule has 8 aromatic rings. The second-order valence-corrected chi connectivity index (χ2v) is 40.9. The van der Waals surface area contributed by atoms with Gasteiger partial charge in [-0.25, -0.2) is 9.97 Å². The molecule has 8 amide bonds. The molecule has 6 N–H and O–H groups in total. The molecule has 4 fully saturated rings. The van der Waals surface area contributed by atoms with Gasteiger partial charge >= 0.3 is 0 Å². The van der Waals surface area contributed by atoms with Crippen molar-refractivity contribution in [3.05, 3.63) is 194 Å². The molecular weight excluding hydrogens is 1790 g/mol. The zero-order valence-corrected chi connectivity index (χ0v) is 82.1. The fourth-order valence-corrected chi connectivity index (χ4v) is 20.0. The van der Waals surface area contributed by atoms with E-state index in [2.05, 4.69) is 88.7 Å². The maximum absolute atomic E-state index is 14.1. The molecule has 0 unspecified atom stereocenters. The number of halogens is 2. The topological polar surface area (TPSA) is 359 Å². The molecule has 28 nitrogen and oxygen atoms in total. The van der Waals surface area contributed by atoms with Crippen molar-refractivity contribution in [3.8, 4) is 50.3 Å². The number of carbonyl (C=O) groups excluding carboxylic acids is 8. The number of unbranched alkanes of at least 4 members (excludes halogenated alkanes) is 2. The van der Waals surface area contributed by atoms with Crippen LogP contribution in [0.15, 0.2) is 144 Å². The number of nitriles is 2. The predicted molar refractivity (Wildman–Crippen MR) is 518 cm³/mol. The molecule has 0 bridgehead atoms. The van der Waals surface area contributed by atoms with Gasteiger partial charge < -0.3 is 74.8 Å². The number of amides is 8. The summed E-state index contributed by atoms with van der Waals surface area (Å²) >= 11 is 21.4. The number of benzene rings is 5. The summed E-state index contributed by atoms with van der Waals surface area (Å²) in [7, 11) is 0. The lowest BCUT2D eigenvalue weighted by Gasteiger charge is -2.63. The van der Waals surface area contributed by atoms with Gasteiger partial charge in [-0.1, -0.05) is 148 Å². The number of aryl methyl sites for hydroxylation is 2. The first-order valence-electron chi connectivity index (χ1n) is 44.8. The van der Waals surface area contributed by atoms with Crippen LogP contribution in [0.25, 0.3) is 20.9 Å². The number of aromatic nitrogens is 2. The Morgan fingerprint density at radius 1 is 0.602 bits per heavy atom. The van der Waals surface area contributed by atoms with E-state index in [1.807, 2.05) is 140 Å². The molecule has 3 aliphatic heterocycles. The molecule has 3 aromatic heterocycles. The average molecular weight is 1910 g/mol. The van der Waals surface area contributed by atoms with Gasteiger partial charge in [0, 0.05) is 98.1 Å². The lowest BCUT2D eigenvalue weighted by molar-refractivity contribution is -0.164. The molecule has 33 heteroatoms. The van der Waals surface area contributed by atoms with E-state index < -0.39 is 75.2 Å². The number of carbonyl (C=O) groups is 8. The second kappa shape index (κ2) is 45.4. The van der Waals surface area contributed by atoms with E-state index in [1.165, 1.54) is 32.5 Å². The number of aliphatic hydroxyl groups is 1. The molecule has 708 valence electrons. The highest BCUT2D eigenvalue weighted by Crippen LogP contribution is 2.56. The van der Waals surface area contributed by atoms with Crippen LogP contribution in [-0.4, -0.2) is 191 Å². The highest BCUT2D eigenvalue weighted by molar-refractivity contribution is 7.81. The zero-order chi connectivity index (χ0) is 96.4. The highest BCUT2D eigenvalue weighted by Gasteiger charge is 2.64. The Bertz CT molecular complexity index is 5520. The van der Waals surface area contributed by atoms with Gasteiger partial charge in [0.25, 0.3) is 11.8 Å². The van der Waals surface area contributed by atoms with Crippen molar-refractivity contribution in [2.75, 3.05) is 75.7 Å². The Hall–Kier alpha value is -11.0. The van der Waals surface area contributed by atoms with Gasteiger partial charge in [0.05, 0.1) is 62.9 Å². The number of likely N-dealkylation sites (tertiary alicyclic amines) is 2. The van der Waals surface area contributed by atoms with Gasteiger partial charge in [0.15, 0.2) is 10.8 Å². The minimum atomic E-state index is -0.989. The number of hydrogen-bond acceptors (Lipinski definition) is 22. The third-order valence-electron chi connectivity index (χ3n) is 24.2. The summed E-state index contributed by atoms with van der Waals surface area (Å²) in [6, 6.07) is 39.4. The summed E-state index contributed by atoms with van der Waals surface area (Å²) in [5.41, 5.74) is 7.03. The van der Waals surface area contributed by atoms with Crippen LogP contribution < -0.4 is 50.6 Å². The first kappa shape index (κ1) is 103. The smallest absolute Gasteiger partial charge is 0.259 e. The summed E-state index contributed by atoms with van der Waals surface area (Å²) < 4.78 is 35.3. The van der Waals surface area contributed by atoms with E-state index in [-0.39, 0.29) is 96.2 Å². The standard InChI is InChI=1S/C51H62ClN5O8S.C49H59ClN8O7S2/c1-31-21-24-66-42(31)33-13-11-32(12-14-33)28-54-45(61)40-25-36(58)29-57(40)46(62)43(49(2,3)4)55-41(59)30-63-22-9-10-23-64-37-18-15-34(16-19-37)44(60)56-47-50(5,6)48(51(47,7)8)65-38-20-17-35(27-53)39(52)26-38;1-31-23-40(44(60)53-26-33-11-13-34(14-12-33)42-32(2)54-30-67-42)56(28-31)45(61)43(48(3,4)5)55-41(59)29-64-21-10-20-63-19-8-9-22-65-37-17-15-35(16-18-37)58-47(66)57(46(62)49(58,6)7)36-24-38(50)39(25-51)52-27-36/h11-21,24,26,36,40,43,47-48,58H,9-10,22-23,25,28-30H2,1-8H3,(H,54,61)(H,55,59)(H,56,60);11-18,24,27,30-31,40,43H,8-10,19-23,26,28-29H2,1-7H3,(H,53,60)(H,55,59)/t36-,40+,43-,47?,48?;31-,40+,43-/m11/s1. The second-order valence-electron chi connectivity index (χ2n) is 38.0. The molecule has 6 heterocycles. The van der Waals surface area contributed by atoms with Crippen LogP contribution in [0.1, 0.15) is 179 Å². The molecule has 6 atom stereocenters. The molecule has 4 aliphatic rings. The summed E-state index contributed by atoms with van der Waals surface area (Å²) in [4.78, 5) is 125. The quantitative estimate of drug-likeness (QED) is 0.0155. The molecular formula is C100H121Cl2N13O15S3. The highest BCUT2D eigenvalue weighted by atomic mass is 35.5. The van der Waals surface area contributed by atoms with Crippen LogP contribution in [0.3, 0.4) is 0 Å². The van der Waals surface area contributed by atoms with E-state index in [0.29, 0.717) is 123 Å². The largest absolute Gasteiger partial charge is 0.494 e. The van der Waals surface area contributed by atoms with Crippen LogP contribution >= 0.6 is 58.1 Å². The molecule has 133 heavy (non-hydrogen) atoms. The summed E-state index contributed by atoms with van der Waals surface area (Å²) in [6.45, 7) is 32.1. The number of thiazole rings is 1. The molecule has 12 rings (SSSR count). The molecule has 1 aliphatic carbocycles. The van der Waals surface area contributed by atoms with Crippen LogP contribution in [0, 0.1) is 64.1 Å². The molecule has 0 radical (unpaired) electrons. The lowest BCUT2D eigenvalue weighted by atomic mass is 9.49. The van der Waals surface area contributed by atoms with Crippen molar-refractivity contribution in [1.29, 1.82) is 10.5 Å². The number of hydrogen-bond donors (Lipinski definition) is 6. The number of β-amino-alcohol motifs (C(OH)–C–C–N with tert-alkyl or cyclic N) is 1. The lowest BCUT2D eigenvalue weighted by Crippen LogP contribution is -2.74. The number of aliphatic hydroxyl groups excluding tert-OH is 1. The zero-order valence-electron chi connectivity index (χ0n) is 78.1. The number of thiophene rings is 1. The number of pyridine rings is 1. The SMILES string of the molecule is Cc1ccsc1-c1ccc(CNC(=O)[C@@H]2C[C@@H](O)CN2C(=O)[C@@H](NC(=O)COCCCCOc2ccc(C(=O)NC3C(C)(C)C(Oc4ccc(C#N)c(Cl)c4)C3(C)C)cc2)C(C)(C)C)cc1.Cc1ncsc1-c1ccc(CNC(=O)[C@@H]2C[C@@H](C)CN2C(=O)[C@@H](NC(=O)COCCCOCCCCOc2ccc(N3C(=S)N(c4cnc(C#N)c(Cl)c4)C(=O)C3(C)C)cc2)C(C)(C)C)cc1. The Morgan fingerprint density at radius 3 is 1.62 bits per heavy atom. The number of anilines is 2. The summed E-state index contributed by atoms with van der Waals surface area (Å²) in [5, 5.41) is 46.6. The Labute approximate surface area is 802 Å². The van der Waals surface area contributed by atoms with Gasteiger partial charge in [-0.3, -0.25) is 43.3 Å². The van der Waals surface area contributed by atoms with E-state index >= 15 is 0 Å². The van der Waals surface area contributed by atoms with Crippen molar-refractivity contribution >= 4 is 122 Å². The third-order valence-corrected chi connectivity index (χ3v) is 27.2. The van der Waals surface area contributed by atoms with Crippen LogP contribution in [0.5, 0.6) is 17.2 Å². The van der Waals surface area contributed by atoms with Gasteiger partial charge in [-0.15, -0.1) is 22.7 Å². The molecule has 0 spiro atoms. The first-order chi connectivity index (χ1) is 63.1. The van der Waals surface area contributed by atoms with E-state index in [9.17, 15) is 54.0 Å². The molecule has 1 saturated carbocycles. The van der Waals surface area contributed by atoms with Crippen LogP contribution in [-0.2, 0) is 60.9 Å². The molecule has 5 aromatic carbocycles. The minimum absolute atomic E-state index is 0.0131. The Kier molecular flexibility index (Phi) is 35.0. The third kappa shape index (κ3) is 26.0. The van der Waals surface area contributed by atoms with Gasteiger partial charge in [0.1, 0.15) is 78.4 Å². The Balaban J connectivity index is 0.000000256. The van der Waals surface area contributed by atoms with E-state index in [0.717, 1.165) is 45.7 Å². The number of nitrogens with zero attached hydrogens (tertiary/aromatic N) is 8. The number of rotatable bonds is 38. The summed E-state index contributed by atoms with van der Waals surface area (Å²) in [6.07, 6.45) is 4.38.